The number of hydrogen-bond donors (Lipinski definition) is 2. The lowest BCUT2D eigenvalue weighted by molar-refractivity contribution is -0.129. The maximum Gasteiger partial charge on any atom is 0.276 e. The van der Waals surface area contributed by atoms with Gasteiger partial charge in [-0.25, -0.2) is 4.39 Å². The Morgan fingerprint density at radius 1 is 1.12 bits per heavy atom. The molecule has 0 radical (unpaired) electrons. The first-order valence-electron chi connectivity index (χ1n) is 7.72. The highest BCUT2D eigenvalue weighted by Gasteiger charge is 2.09. The molecule has 5 nitrogen and oxygen atoms in total. The largest absolute Gasteiger partial charge is 0.483 e. The molecule has 0 aromatic heterocycles. The molecule has 0 saturated carbocycles. The van der Waals surface area contributed by atoms with Crippen LogP contribution in [0.25, 0.3) is 0 Å². The molecule has 2 aromatic rings. The third-order valence-corrected chi connectivity index (χ3v) is 4.01. The highest BCUT2D eigenvalue weighted by molar-refractivity contribution is 9.10. The van der Waals surface area contributed by atoms with E-state index >= 15 is 0 Å². The van der Waals surface area contributed by atoms with Crippen LogP contribution in [-0.2, 0) is 22.4 Å². The van der Waals surface area contributed by atoms with Gasteiger partial charge in [-0.1, -0.05) is 31.2 Å². The highest BCUT2D eigenvalue weighted by atomic mass is 79.9. The van der Waals surface area contributed by atoms with Gasteiger partial charge in [0.05, 0.1) is 10.9 Å². The predicted octanol–water partition coefficient (Wildman–Crippen LogP) is 2.92. The van der Waals surface area contributed by atoms with E-state index < -0.39 is 17.6 Å². The molecule has 0 atom stereocenters. The number of halogens is 2. The van der Waals surface area contributed by atoms with Crippen molar-refractivity contribution in [3.05, 3.63) is 63.9 Å². The van der Waals surface area contributed by atoms with Crippen LogP contribution in [0, 0.1) is 5.82 Å². The molecule has 25 heavy (non-hydrogen) atoms. The second kappa shape index (κ2) is 9.17. The van der Waals surface area contributed by atoms with Crippen LogP contribution in [0.3, 0.4) is 0 Å². The fourth-order valence-corrected chi connectivity index (χ4v) is 2.56. The number of para-hydroxylation sites is 1. The number of hydrazine groups is 1. The van der Waals surface area contributed by atoms with E-state index in [0.29, 0.717) is 11.3 Å². The maximum absolute atomic E-state index is 13.2. The van der Waals surface area contributed by atoms with Gasteiger partial charge in [0, 0.05) is 0 Å². The molecule has 0 heterocycles. The van der Waals surface area contributed by atoms with Crippen LogP contribution in [0.1, 0.15) is 18.1 Å². The first kappa shape index (κ1) is 18.9. The van der Waals surface area contributed by atoms with Gasteiger partial charge in [-0.05, 0) is 51.7 Å². The molecule has 0 spiro atoms. The number of carbonyl (C=O) groups excluding carboxylic acids is 2. The molecule has 0 aliphatic heterocycles. The molecule has 7 heteroatoms. The molecule has 0 bridgehead atoms. The van der Waals surface area contributed by atoms with Gasteiger partial charge in [0.15, 0.2) is 6.61 Å². The molecular formula is C18H18BrFN2O3. The van der Waals surface area contributed by atoms with Crippen molar-refractivity contribution in [2.24, 2.45) is 0 Å². The summed E-state index contributed by atoms with van der Waals surface area (Å²) >= 11 is 3.06. The summed E-state index contributed by atoms with van der Waals surface area (Å²) in [4.78, 5) is 23.6. The Balaban J connectivity index is 1.77. The van der Waals surface area contributed by atoms with Crippen LogP contribution in [0.4, 0.5) is 4.39 Å². The van der Waals surface area contributed by atoms with E-state index in [1.165, 1.54) is 18.2 Å². The Bertz CT molecular complexity index is 768. The molecule has 0 unspecified atom stereocenters. The molecule has 2 aromatic carbocycles. The SMILES string of the molecule is CCc1ccccc1OCC(=O)NNC(=O)Cc1ccc(F)c(Br)c1. The molecule has 0 fully saturated rings. The smallest absolute Gasteiger partial charge is 0.276 e. The monoisotopic (exact) mass is 408 g/mol. The van der Waals surface area contributed by atoms with Gasteiger partial charge < -0.3 is 4.74 Å². The van der Waals surface area contributed by atoms with E-state index in [-0.39, 0.29) is 17.5 Å². The van der Waals surface area contributed by atoms with Crippen molar-refractivity contribution in [1.29, 1.82) is 0 Å². The van der Waals surface area contributed by atoms with Crippen LogP contribution in [0.2, 0.25) is 0 Å². The van der Waals surface area contributed by atoms with Crippen LogP contribution in [0.5, 0.6) is 5.75 Å². The molecule has 2 rings (SSSR count). The zero-order chi connectivity index (χ0) is 18.2. The lowest BCUT2D eigenvalue weighted by atomic mass is 10.1. The third kappa shape index (κ3) is 5.86. The van der Waals surface area contributed by atoms with Gasteiger partial charge in [0.1, 0.15) is 11.6 Å². The molecule has 2 N–H and O–H groups in total. The summed E-state index contributed by atoms with van der Waals surface area (Å²) in [6.45, 7) is 1.79. The number of nitrogens with one attached hydrogen (secondary N) is 2. The molecule has 0 saturated heterocycles. The normalized spacial score (nSPS) is 10.2. The first-order chi connectivity index (χ1) is 12.0. The minimum Gasteiger partial charge on any atom is -0.483 e. The Kier molecular flexibility index (Phi) is 6.94. The second-order valence-electron chi connectivity index (χ2n) is 5.27. The molecular weight excluding hydrogens is 391 g/mol. The van der Waals surface area contributed by atoms with Crippen molar-refractivity contribution >= 4 is 27.7 Å². The number of amides is 2. The van der Waals surface area contributed by atoms with E-state index in [4.69, 9.17) is 4.74 Å². The summed E-state index contributed by atoms with van der Waals surface area (Å²) in [7, 11) is 0. The van der Waals surface area contributed by atoms with Crippen molar-refractivity contribution in [3.63, 3.8) is 0 Å². The van der Waals surface area contributed by atoms with Crippen LogP contribution in [0.15, 0.2) is 46.9 Å². The second-order valence-corrected chi connectivity index (χ2v) is 6.13. The van der Waals surface area contributed by atoms with Crippen LogP contribution < -0.4 is 15.6 Å². The van der Waals surface area contributed by atoms with Crippen molar-refractivity contribution in [2.45, 2.75) is 19.8 Å². The predicted molar refractivity (Wildman–Crippen MR) is 95.4 cm³/mol. The average Bonchev–Trinajstić information content (AvgIpc) is 2.61. The maximum atomic E-state index is 13.2. The van der Waals surface area contributed by atoms with Gasteiger partial charge in [-0.2, -0.15) is 0 Å². The van der Waals surface area contributed by atoms with Crippen molar-refractivity contribution in [1.82, 2.24) is 10.9 Å². The Labute approximate surface area is 153 Å². The third-order valence-electron chi connectivity index (χ3n) is 3.40. The van der Waals surface area contributed by atoms with Gasteiger partial charge in [-0.15, -0.1) is 0 Å². The minimum atomic E-state index is -0.473. The number of aryl methyl sites for hydroxylation is 1. The van der Waals surface area contributed by atoms with E-state index in [2.05, 4.69) is 26.8 Å². The lowest BCUT2D eigenvalue weighted by Gasteiger charge is -2.11. The fourth-order valence-electron chi connectivity index (χ4n) is 2.13. The van der Waals surface area contributed by atoms with Crippen molar-refractivity contribution in [2.75, 3.05) is 6.61 Å². The van der Waals surface area contributed by atoms with E-state index in [1.807, 2.05) is 25.1 Å². The topological polar surface area (TPSA) is 67.4 Å². The van der Waals surface area contributed by atoms with Gasteiger partial charge in [0.2, 0.25) is 5.91 Å². The van der Waals surface area contributed by atoms with Crippen LogP contribution in [-0.4, -0.2) is 18.4 Å². The number of carbonyl (C=O) groups is 2. The number of ether oxygens (including phenoxy) is 1. The van der Waals surface area contributed by atoms with Crippen molar-refractivity contribution in [3.8, 4) is 5.75 Å². The van der Waals surface area contributed by atoms with Crippen molar-refractivity contribution < 1.29 is 18.7 Å². The Hall–Kier alpha value is -2.41. The standard InChI is InChI=1S/C18H18BrFN2O3/c1-2-13-5-3-4-6-16(13)25-11-18(24)22-21-17(23)10-12-7-8-15(20)14(19)9-12/h3-9H,2,10-11H2,1H3,(H,21,23)(H,22,24). The molecule has 0 aliphatic carbocycles. The summed E-state index contributed by atoms with van der Waals surface area (Å²) in [5.74, 6) is -0.648. The summed E-state index contributed by atoms with van der Waals surface area (Å²) in [6, 6.07) is 11.7. The highest BCUT2D eigenvalue weighted by Crippen LogP contribution is 2.18. The fraction of sp³-hybridized carbons (Fsp3) is 0.222. The van der Waals surface area contributed by atoms with Gasteiger partial charge >= 0.3 is 0 Å². The first-order valence-corrected chi connectivity index (χ1v) is 8.51. The number of rotatable bonds is 6. The molecule has 0 aliphatic rings. The zero-order valence-electron chi connectivity index (χ0n) is 13.6. The molecule has 132 valence electrons. The van der Waals surface area contributed by atoms with E-state index in [0.717, 1.165) is 12.0 Å². The summed E-state index contributed by atoms with van der Waals surface area (Å²) < 4.78 is 18.9. The Morgan fingerprint density at radius 2 is 1.84 bits per heavy atom. The molecule has 2 amide bonds. The average molecular weight is 409 g/mol. The lowest BCUT2D eigenvalue weighted by Crippen LogP contribution is -2.44. The van der Waals surface area contributed by atoms with E-state index in [1.54, 1.807) is 6.07 Å². The summed E-state index contributed by atoms with van der Waals surface area (Å²) in [5, 5.41) is 0. The number of benzene rings is 2. The number of hydrogen-bond acceptors (Lipinski definition) is 3. The summed E-state index contributed by atoms with van der Waals surface area (Å²) in [6.07, 6.45) is 0.806. The Morgan fingerprint density at radius 3 is 2.56 bits per heavy atom. The summed E-state index contributed by atoms with van der Waals surface area (Å²) in [5.41, 5.74) is 6.21. The van der Waals surface area contributed by atoms with E-state index in [9.17, 15) is 14.0 Å². The van der Waals surface area contributed by atoms with Gasteiger partial charge in [0.25, 0.3) is 5.91 Å². The zero-order valence-corrected chi connectivity index (χ0v) is 15.2. The van der Waals surface area contributed by atoms with Gasteiger partial charge in [-0.3, -0.25) is 20.4 Å². The quantitative estimate of drug-likeness (QED) is 0.722. The minimum absolute atomic E-state index is 0.0126. The van der Waals surface area contributed by atoms with Crippen LogP contribution >= 0.6 is 15.9 Å².